The van der Waals surface area contributed by atoms with Gasteiger partial charge in [-0.25, -0.2) is 4.98 Å². The van der Waals surface area contributed by atoms with E-state index < -0.39 is 0 Å². The van der Waals surface area contributed by atoms with Gasteiger partial charge in [0.2, 0.25) is 0 Å². The Labute approximate surface area is 179 Å². The zero-order chi connectivity index (χ0) is 20.9. The summed E-state index contributed by atoms with van der Waals surface area (Å²) < 4.78 is 4.28. The molecule has 150 valence electrons. The largest absolute Gasteiger partial charge is 0.340 e. The molecule has 2 aromatic heterocycles. The van der Waals surface area contributed by atoms with Crippen molar-refractivity contribution >= 4 is 5.91 Å². The van der Waals surface area contributed by atoms with Gasteiger partial charge in [0.1, 0.15) is 0 Å². The molecule has 6 rings (SSSR count). The molecule has 6 heteroatoms. The molecule has 1 saturated heterocycles. The van der Waals surface area contributed by atoms with E-state index in [9.17, 15) is 4.79 Å². The van der Waals surface area contributed by atoms with Gasteiger partial charge in [-0.2, -0.15) is 5.26 Å². The second-order valence-electron chi connectivity index (χ2n) is 8.04. The van der Waals surface area contributed by atoms with E-state index in [1.54, 1.807) is 0 Å². The number of fused-ring (bicyclic) bond motifs is 5. The van der Waals surface area contributed by atoms with Gasteiger partial charge in [0.05, 0.1) is 23.0 Å². The van der Waals surface area contributed by atoms with Crippen molar-refractivity contribution in [1.29, 1.82) is 5.26 Å². The molecular weight excluding hydrogens is 386 g/mol. The summed E-state index contributed by atoms with van der Waals surface area (Å²) >= 11 is 0. The third kappa shape index (κ3) is 2.78. The second kappa shape index (κ2) is 6.71. The lowest BCUT2D eigenvalue weighted by molar-refractivity contribution is 0.0651. The number of hydrogen-bond donors (Lipinski definition) is 0. The maximum absolute atomic E-state index is 12.8. The average Bonchev–Trinajstić information content (AvgIpc) is 3.37. The highest BCUT2D eigenvalue weighted by Gasteiger charge is 2.25. The third-order valence-electron chi connectivity index (χ3n) is 6.18. The molecule has 2 aliphatic rings. The van der Waals surface area contributed by atoms with E-state index in [4.69, 9.17) is 5.26 Å². The Hall–Kier alpha value is -4.11. The lowest BCUT2D eigenvalue weighted by Crippen LogP contribution is -2.42. The summed E-state index contributed by atoms with van der Waals surface area (Å²) in [4.78, 5) is 19.3. The lowest BCUT2D eigenvalue weighted by atomic mass is 10.1. The summed E-state index contributed by atoms with van der Waals surface area (Å²) in [6.45, 7) is 2.35. The van der Waals surface area contributed by atoms with E-state index in [1.165, 1.54) is 0 Å². The fourth-order valence-corrected chi connectivity index (χ4v) is 4.38. The van der Waals surface area contributed by atoms with Crippen molar-refractivity contribution < 1.29 is 4.79 Å². The number of amides is 1. The lowest BCUT2D eigenvalue weighted by Gasteiger charge is -2.31. The van der Waals surface area contributed by atoms with Crippen LogP contribution in [-0.2, 0) is 6.54 Å². The van der Waals surface area contributed by atoms with E-state index in [2.05, 4.69) is 32.5 Å². The number of carbonyl (C=O) groups is 1. The maximum Gasteiger partial charge on any atom is 0.253 e. The van der Waals surface area contributed by atoms with Crippen molar-refractivity contribution in [1.82, 2.24) is 19.0 Å². The average molecular weight is 405 g/mol. The Morgan fingerprint density at radius 1 is 1.03 bits per heavy atom. The van der Waals surface area contributed by atoms with Crippen LogP contribution in [0.1, 0.15) is 27.9 Å². The van der Waals surface area contributed by atoms with E-state index >= 15 is 0 Å². The van der Waals surface area contributed by atoms with Gasteiger partial charge in [-0.3, -0.25) is 9.36 Å². The van der Waals surface area contributed by atoms with Crippen molar-refractivity contribution in [3.63, 3.8) is 0 Å². The van der Waals surface area contributed by atoms with Crippen LogP contribution in [0.15, 0.2) is 67.1 Å². The number of carbonyl (C=O) groups excluding carboxylic acids is 1. The Bertz CT molecular complexity index is 1370. The predicted molar refractivity (Wildman–Crippen MR) is 117 cm³/mol. The quantitative estimate of drug-likeness (QED) is 0.444. The van der Waals surface area contributed by atoms with Gasteiger partial charge in [0, 0.05) is 49.4 Å². The zero-order valence-corrected chi connectivity index (χ0v) is 16.8. The van der Waals surface area contributed by atoms with Crippen LogP contribution in [0.3, 0.4) is 0 Å². The summed E-state index contributed by atoms with van der Waals surface area (Å²) in [6.07, 6.45) is 6.98. The normalized spacial score (nSPS) is 14.0. The molecule has 0 radical (unpaired) electrons. The molecule has 2 aromatic carbocycles. The Kier molecular flexibility index (Phi) is 3.84. The van der Waals surface area contributed by atoms with Crippen LogP contribution < -0.4 is 0 Å². The van der Waals surface area contributed by atoms with Crippen molar-refractivity contribution in [3.05, 3.63) is 83.8 Å². The molecule has 0 spiro atoms. The van der Waals surface area contributed by atoms with E-state index in [-0.39, 0.29) is 5.91 Å². The minimum absolute atomic E-state index is 0.107. The van der Waals surface area contributed by atoms with Crippen LogP contribution in [0.4, 0.5) is 0 Å². The smallest absolute Gasteiger partial charge is 0.253 e. The number of nitriles is 1. The number of benzene rings is 2. The molecule has 1 fully saturated rings. The van der Waals surface area contributed by atoms with Crippen molar-refractivity contribution in [3.8, 4) is 34.4 Å². The minimum Gasteiger partial charge on any atom is -0.340 e. The summed E-state index contributed by atoms with van der Waals surface area (Å²) in [5, 5.41) is 9.06. The van der Waals surface area contributed by atoms with Crippen LogP contribution in [0.2, 0.25) is 0 Å². The summed E-state index contributed by atoms with van der Waals surface area (Å²) in [5.41, 5.74) is 6.68. The number of hydrogen-bond acceptors (Lipinski definition) is 3. The molecular formula is C25H19N5O. The van der Waals surface area contributed by atoms with Gasteiger partial charge in [0.15, 0.2) is 5.82 Å². The number of nitrogens with zero attached hydrogens (tertiary/aromatic N) is 5. The molecule has 0 saturated carbocycles. The molecule has 4 heterocycles. The fraction of sp³-hybridized carbons (Fsp3) is 0.160. The number of likely N-dealkylation sites (tertiary alicyclic amines) is 1. The monoisotopic (exact) mass is 405 g/mol. The van der Waals surface area contributed by atoms with Gasteiger partial charge >= 0.3 is 0 Å². The van der Waals surface area contributed by atoms with Crippen molar-refractivity contribution in [2.75, 3.05) is 13.1 Å². The first-order chi connectivity index (χ1) is 15.2. The number of rotatable bonds is 2. The van der Waals surface area contributed by atoms with E-state index in [0.29, 0.717) is 12.1 Å². The summed E-state index contributed by atoms with van der Waals surface area (Å²) in [7, 11) is 0. The highest BCUT2D eigenvalue weighted by Crippen LogP contribution is 2.34. The van der Waals surface area contributed by atoms with Crippen LogP contribution in [0.25, 0.3) is 28.3 Å². The fourth-order valence-electron chi connectivity index (χ4n) is 4.38. The Morgan fingerprint density at radius 2 is 1.87 bits per heavy atom. The molecule has 0 N–H and O–H groups in total. The van der Waals surface area contributed by atoms with Gasteiger partial charge in [0.25, 0.3) is 5.91 Å². The number of aromatic nitrogens is 3. The van der Waals surface area contributed by atoms with Gasteiger partial charge in [-0.15, -0.1) is 0 Å². The first-order valence-corrected chi connectivity index (χ1v) is 10.4. The SMILES string of the molecule is N#Cc1ccc(-c2cc3n(c2)Cc2cc(C(=O)N4CCC4)ccc2-n2ccnc2-3)cc1. The first kappa shape index (κ1) is 17.7. The molecule has 0 atom stereocenters. The molecule has 4 aromatic rings. The first-order valence-electron chi connectivity index (χ1n) is 10.4. The Balaban J connectivity index is 1.45. The predicted octanol–water partition coefficient (Wildman–Crippen LogP) is 4.09. The third-order valence-corrected chi connectivity index (χ3v) is 6.18. The second-order valence-corrected chi connectivity index (χ2v) is 8.04. The molecule has 2 aliphatic heterocycles. The highest BCUT2D eigenvalue weighted by molar-refractivity contribution is 5.95. The van der Waals surface area contributed by atoms with Crippen LogP contribution in [0, 0.1) is 11.3 Å². The Morgan fingerprint density at radius 3 is 2.61 bits per heavy atom. The number of imidazole rings is 1. The van der Waals surface area contributed by atoms with Gasteiger partial charge in [-0.1, -0.05) is 12.1 Å². The molecule has 1 amide bonds. The van der Waals surface area contributed by atoms with E-state index in [0.717, 1.165) is 59.0 Å². The maximum atomic E-state index is 12.8. The van der Waals surface area contributed by atoms with Crippen molar-refractivity contribution in [2.24, 2.45) is 0 Å². The standard InChI is InChI=1S/C25H19N5O/c26-14-17-2-4-18(5-3-17)20-13-23-24-27-8-11-30(24)22-7-6-19(25(31)28-9-1-10-28)12-21(22)16-29(23)15-20/h2-8,11-13,15H,1,9-10,16H2. The summed E-state index contributed by atoms with van der Waals surface area (Å²) in [5.74, 6) is 0.982. The highest BCUT2D eigenvalue weighted by atomic mass is 16.2. The minimum atomic E-state index is 0.107. The van der Waals surface area contributed by atoms with Gasteiger partial charge < -0.3 is 9.47 Å². The molecule has 0 aliphatic carbocycles. The molecule has 0 bridgehead atoms. The van der Waals surface area contributed by atoms with Crippen LogP contribution >= 0.6 is 0 Å². The molecule has 6 nitrogen and oxygen atoms in total. The van der Waals surface area contributed by atoms with E-state index in [1.807, 2.05) is 59.8 Å². The van der Waals surface area contributed by atoms with Crippen LogP contribution in [0.5, 0.6) is 0 Å². The topological polar surface area (TPSA) is 66.8 Å². The molecule has 31 heavy (non-hydrogen) atoms. The zero-order valence-electron chi connectivity index (χ0n) is 16.8. The van der Waals surface area contributed by atoms with Gasteiger partial charge in [-0.05, 0) is 53.9 Å². The summed E-state index contributed by atoms with van der Waals surface area (Å²) in [6, 6.07) is 17.9. The van der Waals surface area contributed by atoms with Crippen LogP contribution in [-0.4, -0.2) is 38.0 Å². The molecule has 0 unspecified atom stereocenters. The van der Waals surface area contributed by atoms with Crippen molar-refractivity contribution in [2.45, 2.75) is 13.0 Å².